The van der Waals surface area contributed by atoms with Gasteiger partial charge in [-0.15, -0.1) is 0 Å². The lowest BCUT2D eigenvalue weighted by Gasteiger charge is -2.05. The number of benzene rings is 1. The largest absolute Gasteiger partial charge is 0.491 e. The van der Waals surface area contributed by atoms with E-state index in [9.17, 15) is 4.79 Å². The number of carbonyl (C=O) groups is 1. The number of methoxy groups -OCH3 is 1. The second-order valence-electron chi connectivity index (χ2n) is 5.57. The van der Waals surface area contributed by atoms with Crippen molar-refractivity contribution in [1.29, 1.82) is 0 Å². The van der Waals surface area contributed by atoms with Crippen LogP contribution in [0.5, 0.6) is 5.75 Å². The van der Waals surface area contributed by atoms with E-state index >= 15 is 0 Å². The zero-order chi connectivity index (χ0) is 17.8. The van der Waals surface area contributed by atoms with Crippen molar-refractivity contribution in [2.45, 2.75) is 6.92 Å². The molecule has 0 unspecified atom stereocenters. The molecular formula is C18H19N3O4. The van der Waals surface area contributed by atoms with Crippen LogP contribution in [0.1, 0.15) is 17.3 Å². The Balaban J connectivity index is 1.84. The maximum atomic E-state index is 11.5. The lowest BCUT2D eigenvalue weighted by Crippen LogP contribution is -2.04. The predicted molar refractivity (Wildman–Crippen MR) is 91.5 cm³/mol. The van der Waals surface area contributed by atoms with Crippen LogP contribution in [0.3, 0.4) is 0 Å². The Morgan fingerprint density at radius 1 is 1.28 bits per heavy atom. The van der Waals surface area contributed by atoms with E-state index < -0.39 is 0 Å². The number of hydrogen-bond acceptors (Lipinski definition) is 6. The summed E-state index contributed by atoms with van der Waals surface area (Å²) in [5.41, 5.74) is 2.08. The molecule has 0 aliphatic rings. The second-order valence-corrected chi connectivity index (χ2v) is 5.57. The molecule has 7 nitrogen and oxygen atoms in total. The van der Waals surface area contributed by atoms with E-state index in [0.29, 0.717) is 41.9 Å². The Labute approximate surface area is 145 Å². The summed E-state index contributed by atoms with van der Waals surface area (Å²) in [5, 5.41) is 4.03. The van der Waals surface area contributed by atoms with Crippen LogP contribution in [-0.2, 0) is 11.8 Å². The Morgan fingerprint density at radius 2 is 2.12 bits per heavy atom. The van der Waals surface area contributed by atoms with Crippen molar-refractivity contribution in [3.05, 3.63) is 42.1 Å². The smallest absolute Gasteiger partial charge is 0.274 e. The summed E-state index contributed by atoms with van der Waals surface area (Å²) in [4.78, 5) is 15.9. The van der Waals surface area contributed by atoms with Gasteiger partial charge in [0.05, 0.1) is 6.61 Å². The normalized spacial score (nSPS) is 10.8. The van der Waals surface area contributed by atoms with Gasteiger partial charge >= 0.3 is 0 Å². The van der Waals surface area contributed by atoms with Crippen molar-refractivity contribution in [1.82, 2.24) is 14.7 Å². The molecule has 0 aliphatic heterocycles. The quantitative estimate of drug-likeness (QED) is 0.485. The molecule has 1 aromatic carbocycles. The van der Waals surface area contributed by atoms with E-state index in [-0.39, 0.29) is 5.78 Å². The first kappa shape index (κ1) is 16.9. The lowest BCUT2D eigenvalue weighted by atomic mass is 10.2. The predicted octanol–water partition coefficient (Wildman–Crippen LogP) is 2.97. The summed E-state index contributed by atoms with van der Waals surface area (Å²) >= 11 is 0. The minimum absolute atomic E-state index is 0.0116. The molecule has 0 atom stereocenters. The van der Waals surface area contributed by atoms with Crippen LogP contribution in [0.25, 0.3) is 23.0 Å². The second kappa shape index (κ2) is 7.31. The van der Waals surface area contributed by atoms with Crippen molar-refractivity contribution in [3.63, 3.8) is 0 Å². The number of nitrogens with zero attached hydrogens (tertiary/aromatic N) is 3. The molecule has 0 fully saturated rings. The number of aromatic nitrogens is 3. The van der Waals surface area contributed by atoms with Gasteiger partial charge in [-0.2, -0.15) is 4.98 Å². The van der Waals surface area contributed by atoms with Gasteiger partial charge in [0.15, 0.2) is 5.78 Å². The van der Waals surface area contributed by atoms with Gasteiger partial charge in [-0.05, 0) is 25.1 Å². The van der Waals surface area contributed by atoms with Gasteiger partial charge in [0.2, 0.25) is 5.82 Å². The van der Waals surface area contributed by atoms with Crippen molar-refractivity contribution in [2.24, 2.45) is 7.05 Å². The van der Waals surface area contributed by atoms with Gasteiger partial charge in [-0.25, -0.2) is 0 Å². The third-order valence-corrected chi connectivity index (χ3v) is 3.71. The SMILES string of the molecule is COCCOc1cccc(-c2noc(-c3cc(C(C)=O)cn3C)n2)c1. The molecule has 2 heterocycles. The monoisotopic (exact) mass is 341 g/mol. The molecule has 0 aliphatic carbocycles. The van der Waals surface area contributed by atoms with Gasteiger partial charge < -0.3 is 18.6 Å². The number of ketones is 1. The first-order chi connectivity index (χ1) is 12.1. The van der Waals surface area contributed by atoms with E-state index in [1.54, 1.807) is 23.9 Å². The molecule has 0 bridgehead atoms. The van der Waals surface area contributed by atoms with Crippen molar-refractivity contribution < 1.29 is 18.8 Å². The Morgan fingerprint density at radius 3 is 2.84 bits per heavy atom. The van der Waals surface area contributed by atoms with Crippen molar-refractivity contribution in [2.75, 3.05) is 20.3 Å². The fourth-order valence-electron chi connectivity index (χ4n) is 2.38. The van der Waals surface area contributed by atoms with Gasteiger partial charge in [0.25, 0.3) is 5.89 Å². The molecular weight excluding hydrogens is 322 g/mol. The summed E-state index contributed by atoms with van der Waals surface area (Å²) in [5.74, 6) is 1.51. The Hall–Kier alpha value is -2.93. The molecule has 25 heavy (non-hydrogen) atoms. The fraction of sp³-hybridized carbons (Fsp3) is 0.278. The van der Waals surface area contributed by atoms with Crippen LogP contribution in [0.2, 0.25) is 0 Å². The van der Waals surface area contributed by atoms with Crippen LogP contribution >= 0.6 is 0 Å². The van der Waals surface area contributed by atoms with Gasteiger partial charge in [0, 0.05) is 31.5 Å². The minimum Gasteiger partial charge on any atom is -0.491 e. The number of hydrogen-bond donors (Lipinski definition) is 0. The molecule has 0 radical (unpaired) electrons. The fourth-order valence-corrected chi connectivity index (χ4v) is 2.38. The number of Topliss-reactive ketones (excluding diaryl/α,β-unsaturated/α-hetero) is 1. The topological polar surface area (TPSA) is 79.4 Å². The first-order valence-corrected chi connectivity index (χ1v) is 7.82. The molecule has 3 rings (SSSR count). The number of aryl methyl sites for hydroxylation is 1. The zero-order valence-electron chi connectivity index (χ0n) is 14.4. The molecule has 2 aromatic heterocycles. The highest BCUT2D eigenvalue weighted by Gasteiger charge is 2.16. The highest BCUT2D eigenvalue weighted by Crippen LogP contribution is 2.26. The number of rotatable bonds is 7. The lowest BCUT2D eigenvalue weighted by molar-refractivity contribution is 0.101. The number of ether oxygens (including phenoxy) is 2. The van der Waals surface area contributed by atoms with Crippen molar-refractivity contribution >= 4 is 5.78 Å². The molecule has 0 spiro atoms. The van der Waals surface area contributed by atoms with E-state index in [1.807, 2.05) is 31.3 Å². The van der Waals surface area contributed by atoms with Crippen LogP contribution in [0.15, 0.2) is 41.1 Å². The van der Waals surface area contributed by atoms with Crippen LogP contribution < -0.4 is 4.74 Å². The third kappa shape index (κ3) is 3.77. The standard InChI is InChI=1S/C18H19N3O4/c1-12(22)14-10-16(21(2)11-14)18-19-17(20-25-18)13-5-4-6-15(9-13)24-8-7-23-3/h4-6,9-11H,7-8H2,1-3H3. The summed E-state index contributed by atoms with van der Waals surface area (Å²) in [6, 6.07) is 9.18. The van der Waals surface area contributed by atoms with Gasteiger partial charge in [-0.1, -0.05) is 17.3 Å². The molecule has 0 saturated heterocycles. The zero-order valence-corrected chi connectivity index (χ0v) is 14.4. The first-order valence-electron chi connectivity index (χ1n) is 7.82. The van der Waals surface area contributed by atoms with E-state index in [4.69, 9.17) is 14.0 Å². The molecule has 0 saturated carbocycles. The van der Waals surface area contributed by atoms with E-state index in [1.165, 1.54) is 6.92 Å². The van der Waals surface area contributed by atoms with Crippen molar-refractivity contribution in [3.8, 4) is 28.7 Å². The average Bonchev–Trinajstić information content (AvgIpc) is 3.22. The molecule has 7 heteroatoms. The molecule has 0 amide bonds. The van der Waals surface area contributed by atoms with Gasteiger partial charge in [0.1, 0.15) is 18.1 Å². The highest BCUT2D eigenvalue weighted by molar-refractivity contribution is 5.95. The van der Waals surface area contributed by atoms with Crippen LogP contribution in [-0.4, -0.2) is 40.8 Å². The molecule has 130 valence electrons. The highest BCUT2D eigenvalue weighted by atomic mass is 16.5. The number of carbonyl (C=O) groups excluding carboxylic acids is 1. The summed E-state index contributed by atoms with van der Waals surface area (Å²) < 4.78 is 17.7. The third-order valence-electron chi connectivity index (χ3n) is 3.71. The van der Waals surface area contributed by atoms with E-state index in [2.05, 4.69) is 10.1 Å². The van der Waals surface area contributed by atoms with Gasteiger partial charge in [-0.3, -0.25) is 4.79 Å². The Bertz CT molecular complexity index is 882. The maximum Gasteiger partial charge on any atom is 0.274 e. The summed E-state index contributed by atoms with van der Waals surface area (Å²) in [6.45, 7) is 2.50. The molecule has 0 N–H and O–H groups in total. The Kier molecular flexibility index (Phi) is 4.95. The minimum atomic E-state index is -0.0116. The maximum absolute atomic E-state index is 11.5. The van der Waals surface area contributed by atoms with Crippen LogP contribution in [0.4, 0.5) is 0 Å². The van der Waals surface area contributed by atoms with E-state index in [0.717, 1.165) is 5.56 Å². The summed E-state index contributed by atoms with van der Waals surface area (Å²) in [7, 11) is 3.46. The molecule has 3 aromatic rings. The summed E-state index contributed by atoms with van der Waals surface area (Å²) in [6.07, 6.45) is 1.74. The average molecular weight is 341 g/mol. The van der Waals surface area contributed by atoms with Crippen LogP contribution in [0, 0.1) is 0 Å².